The van der Waals surface area contributed by atoms with Crippen LogP contribution in [-0.2, 0) is 0 Å². The first kappa shape index (κ1) is 11.8. The van der Waals surface area contributed by atoms with Crippen LogP contribution in [0.4, 0.5) is 13.2 Å². The van der Waals surface area contributed by atoms with Crippen LogP contribution >= 0.6 is 0 Å². The highest BCUT2D eigenvalue weighted by molar-refractivity contribution is 5.36. The van der Waals surface area contributed by atoms with Gasteiger partial charge in [0.15, 0.2) is 11.6 Å². The van der Waals surface area contributed by atoms with Crippen molar-refractivity contribution in [3.05, 3.63) is 29.6 Å². The molecule has 1 aromatic rings. The fraction of sp³-hybridized carbons (Fsp3) is 0.400. The van der Waals surface area contributed by atoms with Crippen molar-refractivity contribution in [2.75, 3.05) is 6.61 Å². The molecule has 0 fully saturated rings. The third kappa shape index (κ3) is 3.13. The highest BCUT2D eigenvalue weighted by Gasteiger charge is 2.14. The molecule has 1 atom stereocenters. The van der Waals surface area contributed by atoms with E-state index in [1.54, 1.807) is 13.0 Å². The fourth-order valence-electron chi connectivity index (χ4n) is 1.18. The van der Waals surface area contributed by atoms with Gasteiger partial charge in [-0.1, -0.05) is 12.1 Å². The zero-order valence-corrected chi connectivity index (χ0v) is 8.21. The van der Waals surface area contributed by atoms with Crippen LogP contribution in [-0.4, -0.2) is 13.0 Å². The molecule has 15 heavy (non-hydrogen) atoms. The zero-order chi connectivity index (χ0) is 11.4. The quantitative estimate of drug-likeness (QED) is 0.844. The Morgan fingerprint density at radius 3 is 2.60 bits per heavy atom. The van der Waals surface area contributed by atoms with E-state index in [1.807, 2.05) is 0 Å². The summed E-state index contributed by atoms with van der Waals surface area (Å²) >= 11 is 0. The van der Waals surface area contributed by atoms with E-state index in [1.165, 1.54) is 6.07 Å². The minimum Gasteiger partial charge on any atom is -0.484 e. The Hall–Kier alpha value is -1.23. The van der Waals surface area contributed by atoms with Crippen LogP contribution in [0.25, 0.3) is 0 Å². The van der Waals surface area contributed by atoms with Crippen molar-refractivity contribution in [2.24, 2.45) is 5.73 Å². The van der Waals surface area contributed by atoms with Gasteiger partial charge in [0.1, 0.15) is 6.61 Å². The number of hydrogen-bond donors (Lipinski definition) is 1. The molecular formula is C10H12F3NO. The highest BCUT2D eigenvalue weighted by atomic mass is 19.3. The van der Waals surface area contributed by atoms with Gasteiger partial charge in [-0.3, -0.25) is 0 Å². The first-order valence-corrected chi connectivity index (χ1v) is 4.47. The van der Waals surface area contributed by atoms with Crippen LogP contribution in [0.3, 0.4) is 0 Å². The molecule has 0 aliphatic rings. The molecule has 0 aromatic heterocycles. The van der Waals surface area contributed by atoms with Gasteiger partial charge in [-0.05, 0) is 13.0 Å². The smallest absolute Gasteiger partial charge is 0.272 e. The van der Waals surface area contributed by atoms with Crippen molar-refractivity contribution in [1.82, 2.24) is 0 Å². The second kappa shape index (κ2) is 5.02. The molecular weight excluding hydrogens is 207 g/mol. The van der Waals surface area contributed by atoms with E-state index in [0.29, 0.717) is 5.56 Å². The molecule has 0 amide bonds. The zero-order valence-electron chi connectivity index (χ0n) is 8.21. The third-order valence-corrected chi connectivity index (χ3v) is 1.84. The van der Waals surface area contributed by atoms with Gasteiger partial charge in [0, 0.05) is 11.6 Å². The number of halogens is 3. The molecule has 0 aliphatic carbocycles. The number of hydrogen-bond acceptors (Lipinski definition) is 2. The predicted molar refractivity (Wildman–Crippen MR) is 50.5 cm³/mol. The van der Waals surface area contributed by atoms with E-state index in [-0.39, 0.29) is 5.75 Å². The normalized spacial score (nSPS) is 12.9. The summed E-state index contributed by atoms with van der Waals surface area (Å²) in [6.45, 7) is 0.796. The average molecular weight is 219 g/mol. The molecule has 5 heteroatoms. The summed E-state index contributed by atoms with van der Waals surface area (Å²) < 4.78 is 41.7. The van der Waals surface area contributed by atoms with Crippen LogP contribution in [0.5, 0.6) is 5.75 Å². The summed E-state index contributed by atoms with van der Waals surface area (Å²) in [7, 11) is 0. The molecule has 84 valence electrons. The van der Waals surface area contributed by atoms with Gasteiger partial charge in [-0.15, -0.1) is 0 Å². The summed E-state index contributed by atoms with van der Waals surface area (Å²) in [5.74, 6) is -0.863. The van der Waals surface area contributed by atoms with Crippen molar-refractivity contribution in [2.45, 2.75) is 19.4 Å². The summed E-state index contributed by atoms with van der Waals surface area (Å²) in [5.41, 5.74) is 5.94. The lowest BCUT2D eigenvalue weighted by molar-refractivity contribution is 0.0792. The van der Waals surface area contributed by atoms with E-state index < -0.39 is 24.9 Å². The fourth-order valence-corrected chi connectivity index (χ4v) is 1.18. The van der Waals surface area contributed by atoms with E-state index in [2.05, 4.69) is 4.74 Å². The van der Waals surface area contributed by atoms with Crippen LogP contribution in [0, 0.1) is 5.82 Å². The molecule has 2 N–H and O–H groups in total. The lowest BCUT2D eigenvalue weighted by Gasteiger charge is -2.14. The van der Waals surface area contributed by atoms with Gasteiger partial charge in [0.25, 0.3) is 6.43 Å². The number of alkyl halides is 2. The Morgan fingerprint density at radius 1 is 1.40 bits per heavy atom. The largest absolute Gasteiger partial charge is 0.484 e. The molecule has 2 nitrogen and oxygen atoms in total. The summed E-state index contributed by atoms with van der Waals surface area (Å²) in [6, 6.07) is 3.69. The topological polar surface area (TPSA) is 35.2 Å². The third-order valence-electron chi connectivity index (χ3n) is 1.84. The maximum atomic E-state index is 13.2. The van der Waals surface area contributed by atoms with Crippen molar-refractivity contribution in [3.8, 4) is 5.75 Å². The average Bonchev–Trinajstić information content (AvgIpc) is 2.15. The van der Waals surface area contributed by atoms with Gasteiger partial charge in [0.2, 0.25) is 0 Å². The van der Waals surface area contributed by atoms with Gasteiger partial charge < -0.3 is 10.5 Å². The Morgan fingerprint density at radius 2 is 2.07 bits per heavy atom. The van der Waals surface area contributed by atoms with Crippen molar-refractivity contribution >= 4 is 0 Å². The van der Waals surface area contributed by atoms with E-state index in [0.717, 1.165) is 6.07 Å². The Labute approximate surface area is 85.8 Å². The maximum absolute atomic E-state index is 13.2. The van der Waals surface area contributed by atoms with E-state index in [4.69, 9.17) is 5.73 Å². The highest BCUT2D eigenvalue weighted by Crippen LogP contribution is 2.27. The monoisotopic (exact) mass is 219 g/mol. The number of para-hydroxylation sites is 1. The van der Waals surface area contributed by atoms with E-state index in [9.17, 15) is 13.2 Å². The summed E-state index contributed by atoms with van der Waals surface area (Å²) in [4.78, 5) is 0. The van der Waals surface area contributed by atoms with Crippen LogP contribution in [0.15, 0.2) is 18.2 Å². The Bertz CT molecular complexity index is 328. The van der Waals surface area contributed by atoms with Gasteiger partial charge in [0.05, 0.1) is 0 Å². The molecule has 1 rings (SSSR count). The predicted octanol–water partition coefficient (Wildman–Crippen LogP) is 2.49. The molecule has 0 saturated heterocycles. The van der Waals surface area contributed by atoms with Crippen LogP contribution in [0.2, 0.25) is 0 Å². The first-order valence-electron chi connectivity index (χ1n) is 4.47. The minimum atomic E-state index is -2.63. The molecule has 0 heterocycles. The Kier molecular flexibility index (Phi) is 3.96. The SMILES string of the molecule is CC(N)c1cccc(F)c1OCC(F)F. The summed E-state index contributed by atoms with van der Waals surface area (Å²) in [6.07, 6.45) is -2.63. The molecule has 0 radical (unpaired) electrons. The Balaban J connectivity index is 2.92. The van der Waals surface area contributed by atoms with Gasteiger partial charge in [-0.2, -0.15) is 0 Å². The number of benzene rings is 1. The van der Waals surface area contributed by atoms with Crippen molar-refractivity contribution < 1.29 is 17.9 Å². The van der Waals surface area contributed by atoms with E-state index >= 15 is 0 Å². The minimum absolute atomic E-state index is 0.187. The molecule has 0 saturated carbocycles. The number of rotatable bonds is 4. The molecule has 1 aromatic carbocycles. The second-order valence-corrected chi connectivity index (χ2v) is 3.15. The maximum Gasteiger partial charge on any atom is 0.272 e. The van der Waals surface area contributed by atoms with Gasteiger partial charge in [-0.25, -0.2) is 13.2 Å². The van der Waals surface area contributed by atoms with Gasteiger partial charge >= 0.3 is 0 Å². The summed E-state index contributed by atoms with van der Waals surface area (Å²) in [5, 5.41) is 0. The lowest BCUT2D eigenvalue weighted by Crippen LogP contribution is -2.13. The molecule has 0 bridgehead atoms. The first-order chi connectivity index (χ1) is 7.02. The van der Waals surface area contributed by atoms with Crippen molar-refractivity contribution in [1.29, 1.82) is 0 Å². The standard InChI is InChI=1S/C10H12F3NO/c1-6(14)7-3-2-4-8(11)10(7)15-5-9(12)13/h2-4,6,9H,5,14H2,1H3. The number of ether oxygens (including phenoxy) is 1. The van der Waals surface area contributed by atoms with Crippen LogP contribution < -0.4 is 10.5 Å². The molecule has 1 unspecified atom stereocenters. The second-order valence-electron chi connectivity index (χ2n) is 3.15. The molecule has 0 aliphatic heterocycles. The molecule has 0 spiro atoms. The lowest BCUT2D eigenvalue weighted by atomic mass is 10.1. The number of nitrogens with two attached hydrogens (primary N) is 1. The van der Waals surface area contributed by atoms with Crippen molar-refractivity contribution in [3.63, 3.8) is 0 Å². The van der Waals surface area contributed by atoms with Crippen LogP contribution in [0.1, 0.15) is 18.5 Å².